The Kier molecular flexibility index (Phi) is 11.8. The Bertz CT molecular complexity index is 1740. The van der Waals surface area contributed by atoms with Crippen molar-refractivity contribution in [3.8, 4) is 23.0 Å². The number of nitrogens with one attached hydrogen (secondary N) is 1. The maximum absolute atomic E-state index is 13.5. The summed E-state index contributed by atoms with van der Waals surface area (Å²) in [6.45, 7) is 6.72. The lowest BCUT2D eigenvalue weighted by atomic mass is 9.63. The van der Waals surface area contributed by atoms with E-state index in [-0.39, 0.29) is 35.0 Å². The lowest BCUT2D eigenvalue weighted by Gasteiger charge is -2.52. The molecule has 13 heteroatoms. The summed E-state index contributed by atoms with van der Waals surface area (Å²) in [5.41, 5.74) is 4.09. The van der Waals surface area contributed by atoms with E-state index < -0.39 is 30.1 Å². The number of aliphatic carboxylic acids is 1. The number of piperidine rings is 1. The largest absolute Gasteiger partial charge is 0.497 e. The van der Waals surface area contributed by atoms with Gasteiger partial charge in [0, 0.05) is 48.4 Å². The third kappa shape index (κ3) is 7.36. The van der Waals surface area contributed by atoms with E-state index in [0.29, 0.717) is 30.1 Å². The number of carboxylic acid groups (broad SMARTS) is 1. The molecule has 3 heterocycles. The third-order valence-corrected chi connectivity index (χ3v) is 10.5. The summed E-state index contributed by atoms with van der Waals surface area (Å²) >= 11 is 0. The van der Waals surface area contributed by atoms with E-state index in [1.807, 2.05) is 12.1 Å². The number of nitrogens with zero attached hydrogens (tertiary/aromatic N) is 1. The molecule has 6 rings (SSSR count). The summed E-state index contributed by atoms with van der Waals surface area (Å²) in [7, 11) is 9.10. The van der Waals surface area contributed by atoms with Gasteiger partial charge in [-0.3, -0.25) is 9.69 Å². The second-order valence-electron chi connectivity index (χ2n) is 13.0. The highest BCUT2D eigenvalue weighted by molar-refractivity contribution is 5.91. The number of rotatable bonds is 10. The van der Waals surface area contributed by atoms with Gasteiger partial charge in [0.25, 0.3) is 0 Å². The number of fused-ring (bicyclic) bond motifs is 6. The van der Waals surface area contributed by atoms with Crippen molar-refractivity contribution in [1.29, 1.82) is 0 Å². The standard InChI is InChI=1S/C33H40N2O9.C5H8O2/c1-38-19-7-8-20-21-9-10-35-16-18-13-27(44-32(36)17-11-25(39-2)30(41-4)26(12-17)40-3)31(42-5)28(33(37)43-6)22(18)15-24(35)29(21)34-23(20)14-19;1-3-4(2)5(6)7/h7-8,11-12,14,18,22,24,27-28,31,34H,9-10,13,15-16H2,1-6H3;2-3H2,1H3,(H,6,7)/t18-,22+,24-,27-,28+,31+;/m1./s1. The number of ether oxygens (including phenoxy) is 7. The second kappa shape index (κ2) is 16.1. The van der Waals surface area contributed by atoms with E-state index in [9.17, 15) is 14.4 Å². The Morgan fingerprint density at radius 1 is 0.961 bits per heavy atom. The summed E-state index contributed by atoms with van der Waals surface area (Å²) in [5, 5.41) is 9.29. The van der Waals surface area contributed by atoms with Crippen LogP contribution in [0.5, 0.6) is 23.0 Å². The molecule has 1 saturated carbocycles. The van der Waals surface area contributed by atoms with Crippen molar-refractivity contribution < 1.29 is 52.6 Å². The van der Waals surface area contributed by atoms with Crippen molar-refractivity contribution in [2.75, 3.05) is 55.7 Å². The SMILES string of the molecule is C=C(CC)C(=O)O.COC(=O)[C@H]1[C@H]2C[C@@H]3c4[nH]c5cc(OC)ccc5c4CCN3C[C@H]2C[C@@H](OC(=O)c2cc(OC)c(OC)c(OC)c2)[C@@H]1OC. The molecule has 276 valence electrons. The summed E-state index contributed by atoms with van der Waals surface area (Å²) in [6.07, 6.45) is 1.44. The smallest absolute Gasteiger partial charge is 0.338 e. The Hall–Kier alpha value is -4.75. The predicted molar refractivity (Wildman–Crippen MR) is 188 cm³/mol. The van der Waals surface area contributed by atoms with Crippen LogP contribution in [0, 0.1) is 17.8 Å². The van der Waals surface area contributed by atoms with Gasteiger partial charge >= 0.3 is 17.9 Å². The highest BCUT2D eigenvalue weighted by atomic mass is 16.6. The van der Waals surface area contributed by atoms with Crippen LogP contribution in [0.4, 0.5) is 0 Å². The molecule has 0 spiro atoms. The molecule has 6 atom stereocenters. The number of esters is 2. The van der Waals surface area contributed by atoms with Crippen molar-refractivity contribution in [2.24, 2.45) is 17.8 Å². The Morgan fingerprint density at radius 3 is 2.22 bits per heavy atom. The molecule has 3 aromatic rings. The minimum Gasteiger partial charge on any atom is -0.497 e. The van der Waals surface area contributed by atoms with Gasteiger partial charge in [-0.05, 0) is 67.3 Å². The summed E-state index contributed by atoms with van der Waals surface area (Å²) in [6, 6.07) is 9.40. The molecule has 2 aromatic carbocycles. The number of H-pyrrole nitrogens is 1. The van der Waals surface area contributed by atoms with Gasteiger partial charge in [0.1, 0.15) is 18.0 Å². The van der Waals surface area contributed by atoms with Gasteiger partial charge in [0.05, 0.1) is 53.1 Å². The number of hydrogen-bond acceptors (Lipinski definition) is 11. The quantitative estimate of drug-likeness (QED) is 0.210. The first-order chi connectivity index (χ1) is 24.5. The van der Waals surface area contributed by atoms with Crippen molar-refractivity contribution in [2.45, 2.75) is 50.9 Å². The van der Waals surface area contributed by atoms with Gasteiger partial charge < -0.3 is 43.2 Å². The highest BCUT2D eigenvalue weighted by Crippen LogP contribution is 2.51. The van der Waals surface area contributed by atoms with E-state index >= 15 is 0 Å². The van der Waals surface area contributed by atoms with Gasteiger partial charge in [-0.25, -0.2) is 9.59 Å². The number of benzene rings is 2. The van der Waals surface area contributed by atoms with Crippen molar-refractivity contribution in [1.82, 2.24) is 9.88 Å². The van der Waals surface area contributed by atoms with Crippen LogP contribution < -0.4 is 18.9 Å². The zero-order valence-electron chi connectivity index (χ0n) is 30.3. The molecule has 1 saturated heterocycles. The molecule has 13 nitrogen and oxygen atoms in total. The minimum absolute atomic E-state index is 0.0170. The molecule has 1 aliphatic carbocycles. The first-order valence-electron chi connectivity index (χ1n) is 17.0. The van der Waals surface area contributed by atoms with E-state index in [4.69, 9.17) is 38.3 Å². The zero-order valence-corrected chi connectivity index (χ0v) is 30.3. The van der Waals surface area contributed by atoms with Crippen LogP contribution in [0.15, 0.2) is 42.5 Å². The normalized spacial score (nSPS) is 23.7. The summed E-state index contributed by atoms with van der Waals surface area (Å²) < 4.78 is 39.1. The van der Waals surface area contributed by atoms with Crippen LogP contribution in [0.2, 0.25) is 0 Å². The number of carbonyl (C=O) groups is 3. The van der Waals surface area contributed by atoms with Crippen LogP contribution >= 0.6 is 0 Å². The molecule has 0 radical (unpaired) electrons. The second-order valence-corrected chi connectivity index (χ2v) is 13.0. The van der Waals surface area contributed by atoms with Crippen molar-refractivity contribution >= 4 is 28.8 Å². The predicted octanol–water partition coefficient (Wildman–Crippen LogP) is 5.21. The fourth-order valence-corrected chi connectivity index (χ4v) is 7.91. The lowest BCUT2D eigenvalue weighted by molar-refractivity contribution is -0.176. The highest BCUT2D eigenvalue weighted by Gasteiger charge is 2.54. The topological polar surface area (TPSA) is 155 Å². The average molecular weight is 709 g/mol. The Morgan fingerprint density at radius 2 is 1.67 bits per heavy atom. The van der Waals surface area contributed by atoms with Crippen LogP contribution in [0.3, 0.4) is 0 Å². The molecule has 0 unspecified atom stereocenters. The molecule has 0 amide bonds. The fraction of sp³-hybridized carbons (Fsp3) is 0.500. The monoisotopic (exact) mass is 708 g/mol. The molecular weight excluding hydrogens is 660 g/mol. The molecule has 2 fully saturated rings. The van der Waals surface area contributed by atoms with Crippen LogP contribution in [-0.2, 0) is 30.2 Å². The number of aromatic amines is 1. The molecule has 2 aliphatic heterocycles. The zero-order chi connectivity index (χ0) is 37.0. The number of hydrogen-bond donors (Lipinski definition) is 2. The maximum Gasteiger partial charge on any atom is 0.338 e. The van der Waals surface area contributed by atoms with E-state index in [0.717, 1.165) is 37.2 Å². The molecule has 0 bridgehead atoms. The van der Waals surface area contributed by atoms with Crippen LogP contribution in [-0.4, -0.2) is 101 Å². The minimum atomic E-state index is -0.900. The maximum atomic E-state index is 13.5. The summed E-state index contributed by atoms with van der Waals surface area (Å²) in [5.74, 6) is -0.460. The van der Waals surface area contributed by atoms with Gasteiger partial charge in [-0.2, -0.15) is 0 Å². The average Bonchev–Trinajstić information content (AvgIpc) is 3.53. The van der Waals surface area contributed by atoms with Crippen molar-refractivity contribution in [3.63, 3.8) is 0 Å². The van der Waals surface area contributed by atoms with Gasteiger partial charge in [-0.1, -0.05) is 13.5 Å². The van der Waals surface area contributed by atoms with Gasteiger partial charge in [0.2, 0.25) is 5.75 Å². The van der Waals surface area contributed by atoms with Crippen LogP contribution in [0.1, 0.15) is 53.8 Å². The molecule has 51 heavy (non-hydrogen) atoms. The van der Waals surface area contributed by atoms with E-state index in [1.54, 1.807) is 33.3 Å². The van der Waals surface area contributed by atoms with E-state index in [1.165, 1.54) is 45.1 Å². The van der Waals surface area contributed by atoms with Gasteiger partial charge in [-0.15, -0.1) is 0 Å². The van der Waals surface area contributed by atoms with Crippen molar-refractivity contribution in [3.05, 3.63) is 59.3 Å². The summed E-state index contributed by atoms with van der Waals surface area (Å²) in [4.78, 5) is 43.0. The van der Waals surface area contributed by atoms with E-state index in [2.05, 4.69) is 22.5 Å². The Balaban J connectivity index is 0.000000654. The number of carbonyl (C=O) groups excluding carboxylic acids is 2. The molecular formula is C38H48N2O11. The molecule has 2 N–H and O–H groups in total. The molecule has 1 aromatic heterocycles. The number of aromatic nitrogens is 1. The third-order valence-electron chi connectivity index (χ3n) is 10.5. The Labute approximate surface area is 297 Å². The van der Waals surface area contributed by atoms with Gasteiger partial charge in [0.15, 0.2) is 11.5 Å². The fourth-order valence-electron chi connectivity index (χ4n) is 7.91. The molecule has 3 aliphatic rings. The first kappa shape index (κ1) is 37.5. The lowest BCUT2D eigenvalue weighted by Crippen LogP contribution is -2.58. The number of carboxylic acids is 1. The first-order valence-corrected chi connectivity index (χ1v) is 17.0. The van der Waals surface area contributed by atoms with Crippen LogP contribution in [0.25, 0.3) is 10.9 Å². The number of methoxy groups -OCH3 is 6.